The molecule has 3 N–H and O–H groups in total. The molecule has 0 spiro atoms. The maximum absolute atomic E-state index is 8.93. The number of nitriles is 1. The molecule has 0 amide bonds. The Kier molecular flexibility index (Phi) is 4.37. The van der Waals surface area contributed by atoms with Crippen LogP contribution in [0.2, 0.25) is 0 Å². The molecule has 3 rings (SSSR count). The third-order valence-electron chi connectivity index (χ3n) is 3.47. The van der Waals surface area contributed by atoms with Crippen LogP contribution < -0.4 is 11.1 Å². The molecule has 0 aliphatic carbocycles. The number of benzene rings is 2. The van der Waals surface area contributed by atoms with Crippen LogP contribution in [0.15, 0.2) is 59.1 Å². The molecule has 0 fully saturated rings. The number of hydrogen-bond donors (Lipinski definition) is 2. The van der Waals surface area contributed by atoms with Crippen molar-refractivity contribution in [3.8, 4) is 28.5 Å². The summed E-state index contributed by atoms with van der Waals surface area (Å²) < 4.78 is 5.48. The van der Waals surface area contributed by atoms with Gasteiger partial charge in [0.1, 0.15) is 5.69 Å². The highest BCUT2D eigenvalue weighted by Gasteiger charge is 2.18. The number of anilines is 1. The van der Waals surface area contributed by atoms with Crippen molar-refractivity contribution in [2.45, 2.75) is 0 Å². The summed E-state index contributed by atoms with van der Waals surface area (Å²) in [4.78, 5) is 0. The smallest absolute Gasteiger partial charge is 0.233 e. The van der Waals surface area contributed by atoms with Crippen molar-refractivity contribution in [2.24, 2.45) is 5.73 Å². The first-order valence-corrected chi connectivity index (χ1v) is 7.33. The Bertz CT molecular complexity index is 816. The molecule has 23 heavy (non-hydrogen) atoms. The Morgan fingerprint density at radius 1 is 1.04 bits per heavy atom. The summed E-state index contributed by atoms with van der Waals surface area (Å²) in [6, 6.07) is 19.3. The molecule has 0 saturated carbocycles. The highest BCUT2D eigenvalue weighted by atomic mass is 16.5. The van der Waals surface area contributed by atoms with E-state index in [9.17, 15) is 0 Å². The van der Waals surface area contributed by atoms with Crippen molar-refractivity contribution in [1.82, 2.24) is 5.16 Å². The van der Waals surface area contributed by atoms with E-state index in [1.54, 1.807) is 12.1 Å². The molecule has 0 radical (unpaired) electrons. The Morgan fingerprint density at radius 2 is 1.78 bits per heavy atom. The third-order valence-corrected chi connectivity index (χ3v) is 3.47. The first-order valence-electron chi connectivity index (χ1n) is 7.33. The second-order valence-corrected chi connectivity index (χ2v) is 5.01. The van der Waals surface area contributed by atoms with Crippen LogP contribution in [0.1, 0.15) is 5.56 Å². The normalized spacial score (nSPS) is 10.3. The van der Waals surface area contributed by atoms with E-state index in [1.165, 1.54) is 0 Å². The summed E-state index contributed by atoms with van der Waals surface area (Å²) in [5, 5.41) is 16.3. The quantitative estimate of drug-likeness (QED) is 0.755. The van der Waals surface area contributed by atoms with Crippen molar-refractivity contribution in [3.63, 3.8) is 0 Å². The highest BCUT2D eigenvalue weighted by molar-refractivity contribution is 5.87. The summed E-state index contributed by atoms with van der Waals surface area (Å²) in [6.45, 7) is 1.10. The van der Waals surface area contributed by atoms with Crippen molar-refractivity contribution in [2.75, 3.05) is 18.4 Å². The highest BCUT2D eigenvalue weighted by Crippen LogP contribution is 2.37. The minimum absolute atomic E-state index is 0.501. The zero-order valence-electron chi connectivity index (χ0n) is 12.5. The van der Waals surface area contributed by atoms with Gasteiger partial charge in [0.2, 0.25) is 5.88 Å². The van der Waals surface area contributed by atoms with Gasteiger partial charge < -0.3 is 15.6 Å². The minimum atomic E-state index is 0.501. The van der Waals surface area contributed by atoms with Crippen LogP contribution in [0.3, 0.4) is 0 Å². The van der Waals surface area contributed by atoms with Crippen LogP contribution in [0, 0.1) is 11.3 Å². The zero-order chi connectivity index (χ0) is 16.1. The van der Waals surface area contributed by atoms with E-state index < -0.39 is 0 Å². The molecule has 5 nitrogen and oxygen atoms in total. The molecular weight excluding hydrogens is 288 g/mol. The third kappa shape index (κ3) is 3.07. The Morgan fingerprint density at radius 3 is 2.43 bits per heavy atom. The number of aromatic nitrogens is 1. The van der Waals surface area contributed by atoms with Crippen LogP contribution in [0.25, 0.3) is 22.4 Å². The van der Waals surface area contributed by atoms with Crippen molar-refractivity contribution >= 4 is 5.88 Å². The van der Waals surface area contributed by atoms with Gasteiger partial charge in [-0.3, -0.25) is 0 Å². The van der Waals surface area contributed by atoms with E-state index in [-0.39, 0.29) is 0 Å². The molecule has 114 valence electrons. The minimum Gasteiger partial charge on any atom is -0.352 e. The number of rotatable bonds is 5. The lowest BCUT2D eigenvalue weighted by atomic mass is 10.00. The fourth-order valence-corrected chi connectivity index (χ4v) is 2.37. The molecule has 0 saturated heterocycles. The number of nitrogens with zero attached hydrogens (tertiary/aromatic N) is 2. The largest absolute Gasteiger partial charge is 0.352 e. The topological polar surface area (TPSA) is 87.9 Å². The predicted molar refractivity (Wildman–Crippen MR) is 89.6 cm³/mol. The summed E-state index contributed by atoms with van der Waals surface area (Å²) >= 11 is 0. The van der Waals surface area contributed by atoms with Gasteiger partial charge in [0.15, 0.2) is 0 Å². The second kappa shape index (κ2) is 6.77. The molecule has 0 unspecified atom stereocenters. The molecule has 3 aromatic rings. The van der Waals surface area contributed by atoms with Crippen LogP contribution >= 0.6 is 0 Å². The molecule has 1 aromatic heterocycles. The molecule has 0 bridgehead atoms. The Labute approximate surface area is 134 Å². The van der Waals surface area contributed by atoms with Gasteiger partial charge in [0.25, 0.3) is 0 Å². The Hall–Kier alpha value is -3.10. The van der Waals surface area contributed by atoms with Crippen molar-refractivity contribution < 1.29 is 4.52 Å². The molecule has 2 aromatic carbocycles. The van der Waals surface area contributed by atoms with E-state index >= 15 is 0 Å². The molecule has 0 aliphatic rings. The van der Waals surface area contributed by atoms with Crippen molar-refractivity contribution in [1.29, 1.82) is 5.26 Å². The zero-order valence-corrected chi connectivity index (χ0v) is 12.5. The maximum Gasteiger partial charge on any atom is 0.233 e. The number of nitrogens with one attached hydrogen (secondary N) is 1. The van der Waals surface area contributed by atoms with Gasteiger partial charge >= 0.3 is 0 Å². The van der Waals surface area contributed by atoms with E-state index in [0.717, 1.165) is 22.4 Å². The van der Waals surface area contributed by atoms with Gasteiger partial charge in [-0.15, -0.1) is 0 Å². The fourth-order valence-electron chi connectivity index (χ4n) is 2.37. The van der Waals surface area contributed by atoms with E-state index in [0.29, 0.717) is 24.5 Å². The van der Waals surface area contributed by atoms with Gasteiger partial charge in [0.05, 0.1) is 17.2 Å². The standard InChI is InChI=1S/C18H16N4O/c19-10-11-21-18-16(14-4-2-1-3-5-14)17(22-23-18)15-8-6-13(12-20)7-9-15/h1-9,21H,10-11,19H2. The predicted octanol–water partition coefficient (Wildman–Crippen LogP) is 3.25. The van der Waals surface area contributed by atoms with Gasteiger partial charge in [0, 0.05) is 18.7 Å². The molecule has 5 heteroatoms. The van der Waals surface area contributed by atoms with Gasteiger partial charge in [-0.05, 0) is 17.7 Å². The average molecular weight is 304 g/mol. The molecule has 1 heterocycles. The summed E-state index contributed by atoms with van der Waals surface area (Å²) in [7, 11) is 0. The van der Waals surface area contributed by atoms with Crippen LogP contribution in [0.4, 0.5) is 5.88 Å². The Balaban J connectivity index is 2.09. The molecule has 0 aliphatic heterocycles. The van der Waals surface area contributed by atoms with Gasteiger partial charge in [-0.1, -0.05) is 47.6 Å². The monoisotopic (exact) mass is 304 g/mol. The van der Waals surface area contributed by atoms with Crippen molar-refractivity contribution in [3.05, 3.63) is 60.2 Å². The first kappa shape index (κ1) is 14.8. The van der Waals surface area contributed by atoms with E-state index in [4.69, 9.17) is 15.5 Å². The van der Waals surface area contributed by atoms with E-state index in [2.05, 4.69) is 16.5 Å². The lowest BCUT2D eigenvalue weighted by Crippen LogP contribution is -2.13. The van der Waals surface area contributed by atoms with Crippen LogP contribution in [-0.4, -0.2) is 18.2 Å². The second-order valence-electron chi connectivity index (χ2n) is 5.01. The van der Waals surface area contributed by atoms with Gasteiger partial charge in [-0.25, -0.2) is 0 Å². The average Bonchev–Trinajstić information content (AvgIpc) is 3.04. The summed E-state index contributed by atoms with van der Waals surface area (Å²) in [5.74, 6) is 0.598. The fraction of sp³-hybridized carbons (Fsp3) is 0.111. The first-order chi connectivity index (χ1) is 11.3. The van der Waals surface area contributed by atoms with Crippen LogP contribution in [0.5, 0.6) is 0 Å². The SMILES string of the molecule is N#Cc1ccc(-c2noc(NCCN)c2-c2ccccc2)cc1. The lowest BCUT2D eigenvalue weighted by Gasteiger charge is -2.06. The number of nitrogens with two attached hydrogens (primary N) is 1. The van der Waals surface area contributed by atoms with E-state index in [1.807, 2.05) is 42.5 Å². The van der Waals surface area contributed by atoms with Gasteiger partial charge in [-0.2, -0.15) is 5.26 Å². The summed E-state index contributed by atoms with van der Waals surface area (Å²) in [6.07, 6.45) is 0. The van der Waals surface area contributed by atoms with Crippen LogP contribution in [-0.2, 0) is 0 Å². The maximum atomic E-state index is 8.93. The summed E-state index contributed by atoms with van der Waals surface area (Å²) in [5.41, 5.74) is 9.70. The molecule has 0 atom stereocenters. The number of hydrogen-bond acceptors (Lipinski definition) is 5. The lowest BCUT2D eigenvalue weighted by molar-refractivity contribution is 0.435. The molecular formula is C18H16N4O.